The van der Waals surface area contributed by atoms with Crippen LogP contribution in [0.4, 0.5) is 17.6 Å². The third kappa shape index (κ3) is 10.6. The number of nitrogens with one attached hydrogen (secondary N) is 4. The first kappa shape index (κ1) is 41.0. The first-order chi connectivity index (χ1) is 27.8. The summed E-state index contributed by atoms with van der Waals surface area (Å²) in [6.45, 7) is 8.57. The zero-order valence-corrected chi connectivity index (χ0v) is 33.3. The molecule has 57 heavy (non-hydrogen) atoms. The fourth-order valence-electron chi connectivity index (χ4n) is 7.38. The summed E-state index contributed by atoms with van der Waals surface area (Å²) < 4.78 is 3.57. The van der Waals surface area contributed by atoms with Crippen molar-refractivity contribution in [2.75, 3.05) is 22.7 Å². The smallest absolute Gasteiger partial charge is 0.224 e. The second kappa shape index (κ2) is 20.0. The molecule has 302 valence electrons. The number of carbonyl (C=O) groups is 1. The molecule has 2 aliphatic carbocycles. The molecule has 4 aromatic heterocycles. The average Bonchev–Trinajstić information content (AvgIpc) is 3.88. The Kier molecular flexibility index (Phi) is 14.4. The van der Waals surface area contributed by atoms with Crippen molar-refractivity contribution in [1.82, 2.24) is 44.8 Å². The Balaban J connectivity index is 0.000000187. The average molecular weight is 777 g/mol. The van der Waals surface area contributed by atoms with Gasteiger partial charge in [-0.25, -0.2) is 19.3 Å². The van der Waals surface area contributed by atoms with Crippen LogP contribution in [0, 0.1) is 11.8 Å². The second-order valence-electron chi connectivity index (χ2n) is 14.7. The largest absolute Gasteiger partial charge is 0.393 e. The van der Waals surface area contributed by atoms with Crippen LogP contribution >= 0.6 is 0 Å². The Morgan fingerprint density at radius 2 is 1.35 bits per heavy atom. The molecule has 6 N–H and O–H groups in total. The maximum atomic E-state index is 12.3. The third-order valence-corrected chi connectivity index (χ3v) is 10.6. The summed E-state index contributed by atoms with van der Waals surface area (Å²) in [5.74, 6) is 3.59. The van der Waals surface area contributed by atoms with Crippen LogP contribution in [0.3, 0.4) is 0 Å². The molecule has 15 nitrogen and oxygen atoms in total. The van der Waals surface area contributed by atoms with E-state index in [2.05, 4.69) is 58.5 Å². The van der Waals surface area contributed by atoms with Crippen molar-refractivity contribution >= 4 is 45.3 Å². The number of carbonyl (C=O) groups excluding carboxylic acids is 1. The van der Waals surface area contributed by atoms with Crippen molar-refractivity contribution in [1.29, 1.82) is 0 Å². The van der Waals surface area contributed by atoms with Gasteiger partial charge in [0.05, 0.1) is 35.2 Å². The monoisotopic (exact) mass is 776 g/mol. The van der Waals surface area contributed by atoms with E-state index in [1.165, 1.54) is 12.8 Å². The first-order valence-corrected chi connectivity index (χ1v) is 20.3. The number of aliphatic hydroxyl groups excluding tert-OH is 1. The second-order valence-corrected chi connectivity index (χ2v) is 14.7. The molecule has 0 aliphatic heterocycles. The highest BCUT2D eigenvalue weighted by atomic mass is 16.5. The van der Waals surface area contributed by atoms with Gasteiger partial charge in [0.2, 0.25) is 17.8 Å². The van der Waals surface area contributed by atoms with Gasteiger partial charge in [0.25, 0.3) is 0 Å². The highest BCUT2D eigenvalue weighted by Crippen LogP contribution is 2.28. The molecule has 4 heterocycles. The van der Waals surface area contributed by atoms with Gasteiger partial charge < -0.3 is 21.1 Å². The van der Waals surface area contributed by atoms with Gasteiger partial charge in [-0.2, -0.15) is 20.2 Å². The fourth-order valence-corrected chi connectivity index (χ4v) is 7.38. The molecule has 2 fully saturated rings. The highest BCUT2D eigenvalue weighted by molar-refractivity contribution is 5.91. The van der Waals surface area contributed by atoms with Crippen LogP contribution in [0.5, 0.6) is 0 Å². The molecule has 1 amide bonds. The molecule has 8 rings (SSSR count). The number of fused-ring (bicyclic) bond motifs is 2. The molecule has 2 aromatic carbocycles. The van der Waals surface area contributed by atoms with Crippen LogP contribution in [0.15, 0.2) is 79.4 Å². The minimum Gasteiger partial charge on any atom is -0.393 e. The molecule has 15 heteroatoms. The predicted octanol–water partition coefficient (Wildman–Crippen LogP) is 7.31. The number of rotatable bonds is 11. The van der Waals surface area contributed by atoms with E-state index in [1.54, 1.807) is 36.3 Å². The SMILES string of the molecule is CC.CC(O)CCNC(=O)C1CCC(Nc2nccc(-n3ncc4ccccc43)n2)CC1.CC1CCC(Nc2nccc(-n3ncc4c(NO)cccc43)n2)CC1. The van der Waals surface area contributed by atoms with Gasteiger partial charge in [0, 0.05) is 59.8 Å². The van der Waals surface area contributed by atoms with E-state index >= 15 is 0 Å². The number of benzene rings is 2. The van der Waals surface area contributed by atoms with E-state index in [9.17, 15) is 15.1 Å². The van der Waals surface area contributed by atoms with E-state index in [0.717, 1.165) is 72.1 Å². The molecule has 6 aromatic rings. The van der Waals surface area contributed by atoms with Gasteiger partial charge in [0.15, 0.2) is 11.6 Å². The molecule has 2 saturated carbocycles. The number of para-hydroxylation sites is 1. The number of hydrogen-bond donors (Lipinski definition) is 6. The highest BCUT2D eigenvalue weighted by Gasteiger charge is 2.27. The number of nitrogens with zero attached hydrogens (tertiary/aromatic N) is 8. The molecule has 0 saturated heterocycles. The summed E-state index contributed by atoms with van der Waals surface area (Å²) in [5.41, 5.74) is 4.70. The van der Waals surface area contributed by atoms with Crippen molar-refractivity contribution in [3.8, 4) is 11.6 Å². The number of amides is 1. The van der Waals surface area contributed by atoms with E-state index < -0.39 is 0 Å². The van der Waals surface area contributed by atoms with Crippen LogP contribution in [-0.4, -0.2) is 80.5 Å². The van der Waals surface area contributed by atoms with Crippen molar-refractivity contribution in [2.45, 2.75) is 104 Å². The van der Waals surface area contributed by atoms with Crippen molar-refractivity contribution < 1.29 is 15.1 Å². The van der Waals surface area contributed by atoms with Crippen LogP contribution in [-0.2, 0) is 4.79 Å². The zero-order valence-electron chi connectivity index (χ0n) is 33.3. The maximum Gasteiger partial charge on any atom is 0.224 e. The number of aliphatic hydroxyl groups is 1. The zero-order chi connectivity index (χ0) is 40.1. The lowest BCUT2D eigenvalue weighted by Crippen LogP contribution is -2.37. The molecule has 1 atom stereocenters. The van der Waals surface area contributed by atoms with E-state index in [1.807, 2.05) is 73.3 Å². The summed E-state index contributed by atoms with van der Waals surface area (Å²) in [7, 11) is 0. The summed E-state index contributed by atoms with van der Waals surface area (Å²) in [5, 5.41) is 39.1. The Morgan fingerprint density at radius 3 is 1.98 bits per heavy atom. The lowest BCUT2D eigenvalue weighted by molar-refractivity contribution is -0.126. The minimum absolute atomic E-state index is 0.0414. The Bertz CT molecular complexity index is 2170. The molecule has 0 bridgehead atoms. The lowest BCUT2D eigenvalue weighted by atomic mass is 9.85. The molecule has 0 spiro atoms. The number of hydrogen-bond acceptors (Lipinski definition) is 12. The van der Waals surface area contributed by atoms with Gasteiger partial charge in [0.1, 0.15) is 0 Å². The van der Waals surface area contributed by atoms with E-state index in [4.69, 9.17) is 0 Å². The summed E-state index contributed by atoms with van der Waals surface area (Å²) in [6, 6.07) is 18.0. The van der Waals surface area contributed by atoms with Crippen LogP contribution < -0.4 is 21.4 Å². The molecular formula is C42H56N12O3. The van der Waals surface area contributed by atoms with Crippen molar-refractivity contribution in [2.24, 2.45) is 11.8 Å². The molecule has 0 radical (unpaired) electrons. The predicted molar refractivity (Wildman–Crippen MR) is 224 cm³/mol. The molecular weight excluding hydrogens is 721 g/mol. The standard InChI is InChI=1S/C22H28N6O2.C18H22N6O.C2H6/c1-15(29)10-12-23-21(30)16-6-8-18(9-7-16)26-22-24-13-11-20(27-22)28-19-5-3-2-4-17(19)14-25-28;1-12-5-7-13(8-6-12)21-18-19-10-9-17(22-18)24-16-4-2-3-15(23-25)14(16)11-20-24;1-2/h2-5,11,13-16,18,29H,6-10,12H2,1H3,(H,23,30)(H,24,26,27);2-4,9-13,23,25H,5-8H2,1H3,(H,19,21,22);1-2H3. The Morgan fingerprint density at radius 1 is 0.772 bits per heavy atom. The Hall–Kier alpha value is -5.67. The summed E-state index contributed by atoms with van der Waals surface area (Å²) >= 11 is 0. The van der Waals surface area contributed by atoms with Gasteiger partial charge >= 0.3 is 0 Å². The molecule has 2 aliphatic rings. The van der Waals surface area contributed by atoms with Gasteiger partial charge in [-0.3, -0.25) is 15.5 Å². The van der Waals surface area contributed by atoms with E-state index in [-0.39, 0.29) is 24.0 Å². The third-order valence-electron chi connectivity index (χ3n) is 10.6. The normalized spacial score (nSPS) is 19.7. The first-order valence-electron chi connectivity index (χ1n) is 20.3. The number of anilines is 3. The summed E-state index contributed by atoms with van der Waals surface area (Å²) in [4.78, 5) is 30.3. The summed E-state index contributed by atoms with van der Waals surface area (Å²) in [6.07, 6.45) is 15.5. The van der Waals surface area contributed by atoms with Gasteiger partial charge in [-0.15, -0.1) is 0 Å². The topological polar surface area (TPSA) is 193 Å². The van der Waals surface area contributed by atoms with Crippen LogP contribution in [0.1, 0.15) is 85.5 Å². The van der Waals surface area contributed by atoms with Crippen LogP contribution in [0.25, 0.3) is 33.4 Å². The maximum absolute atomic E-state index is 12.3. The quantitative estimate of drug-likeness (QED) is 0.0720. The van der Waals surface area contributed by atoms with Crippen molar-refractivity contribution in [3.05, 3.63) is 79.4 Å². The van der Waals surface area contributed by atoms with E-state index in [0.29, 0.717) is 42.4 Å². The lowest BCUT2D eigenvalue weighted by Gasteiger charge is -2.28. The molecule has 1 unspecified atom stereocenters. The fraction of sp³-hybridized carbons (Fsp3) is 0.452. The van der Waals surface area contributed by atoms with Crippen LogP contribution in [0.2, 0.25) is 0 Å². The minimum atomic E-state index is -0.388. The van der Waals surface area contributed by atoms with Gasteiger partial charge in [-0.1, -0.05) is 45.0 Å². The van der Waals surface area contributed by atoms with Crippen molar-refractivity contribution in [3.63, 3.8) is 0 Å². The number of aromatic nitrogens is 8. The van der Waals surface area contributed by atoms with Gasteiger partial charge in [-0.05, 0) is 88.8 Å². The Labute approximate surface area is 333 Å².